The van der Waals surface area contributed by atoms with Gasteiger partial charge in [-0.25, -0.2) is 4.98 Å². The van der Waals surface area contributed by atoms with Crippen LogP contribution in [0.25, 0.3) is 0 Å². The molecule has 16 heavy (non-hydrogen) atoms. The van der Waals surface area contributed by atoms with Crippen molar-refractivity contribution in [3.8, 4) is 0 Å². The fraction of sp³-hybridized carbons (Fsp3) is 0.636. The number of hydrogen-bond acceptors (Lipinski definition) is 3. The van der Waals surface area contributed by atoms with Gasteiger partial charge in [0.15, 0.2) is 5.16 Å². The van der Waals surface area contributed by atoms with Crippen LogP contribution in [0, 0.1) is 19.8 Å². The summed E-state index contributed by atoms with van der Waals surface area (Å²) in [5.41, 5.74) is 7.33. The molecule has 1 aromatic rings. The van der Waals surface area contributed by atoms with E-state index in [2.05, 4.69) is 30.3 Å². The molecular formula is C11H19N3OS. The molecule has 0 saturated carbocycles. The fourth-order valence-electron chi connectivity index (χ4n) is 1.45. The molecule has 0 bridgehead atoms. The van der Waals surface area contributed by atoms with Crippen molar-refractivity contribution >= 4 is 17.7 Å². The first-order valence-electron chi connectivity index (χ1n) is 5.36. The number of aromatic nitrogens is 2. The van der Waals surface area contributed by atoms with Crippen molar-refractivity contribution in [2.45, 2.75) is 39.4 Å². The summed E-state index contributed by atoms with van der Waals surface area (Å²) < 4.78 is 2.16. The average Bonchev–Trinajstić information content (AvgIpc) is 2.42. The Hall–Kier alpha value is -0.970. The zero-order chi connectivity index (χ0) is 12.3. The van der Waals surface area contributed by atoms with E-state index < -0.39 is 0 Å². The molecule has 0 atom stereocenters. The Bertz CT molecular complexity index is 385. The average molecular weight is 241 g/mol. The quantitative estimate of drug-likeness (QED) is 0.799. The van der Waals surface area contributed by atoms with Gasteiger partial charge in [-0.15, -0.1) is 0 Å². The summed E-state index contributed by atoms with van der Waals surface area (Å²) in [7, 11) is 0. The van der Waals surface area contributed by atoms with Crippen molar-refractivity contribution in [1.29, 1.82) is 0 Å². The fourth-order valence-corrected chi connectivity index (χ4v) is 2.29. The first-order chi connectivity index (χ1) is 7.41. The van der Waals surface area contributed by atoms with Gasteiger partial charge in [0, 0.05) is 12.2 Å². The van der Waals surface area contributed by atoms with Crippen LogP contribution in [0.1, 0.15) is 25.2 Å². The summed E-state index contributed by atoms with van der Waals surface area (Å²) in [6, 6.07) is 0. The number of amides is 1. The van der Waals surface area contributed by atoms with Crippen molar-refractivity contribution in [3.05, 3.63) is 11.4 Å². The molecule has 0 saturated heterocycles. The molecular weight excluding hydrogens is 222 g/mol. The summed E-state index contributed by atoms with van der Waals surface area (Å²) >= 11 is 1.41. The Morgan fingerprint density at radius 3 is 2.62 bits per heavy atom. The van der Waals surface area contributed by atoms with E-state index in [4.69, 9.17) is 5.73 Å². The SMILES string of the molecule is Cc1nc(SCC(N)=O)n(CC(C)C)c1C. The highest BCUT2D eigenvalue weighted by Crippen LogP contribution is 2.22. The molecule has 0 aliphatic carbocycles. The maximum absolute atomic E-state index is 10.8. The molecule has 0 spiro atoms. The number of thioether (sulfide) groups is 1. The number of primary amides is 1. The lowest BCUT2D eigenvalue weighted by atomic mass is 10.2. The van der Waals surface area contributed by atoms with Crippen molar-refractivity contribution in [2.75, 3.05) is 5.75 Å². The normalized spacial score (nSPS) is 11.1. The minimum absolute atomic E-state index is 0.286. The number of nitrogens with two attached hydrogens (primary N) is 1. The van der Waals surface area contributed by atoms with E-state index in [0.717, 1.165) is 17.4 Å². The van der Waals surface area contributed by atoms with Crippen molar-refractivity contribution in [2.24, 2.45) is 11.7 Å². The first-order valence-corrected chi connectivity index (χ1v) is 6.35. The van der Waals surface area contributed by atoms with E-state index in [1.165, 1.54) is 17.5 Å². The topological polar surface area (TPSA) is 60.9 Å². The van der Waals surface area contributed by atoms with Crippen LogP contribution in [-0.4, -0.2) is 21.2 Å². The highest BCUT2D eigenvalue weighted by Gasteiger charge is 2.13. The maximum atomic E-state index is 10.8. The summed E-state index contributed by atoms with van der Waals surface area (Å²) in [5.74, 6) is 0.535. The van der Waals surface area contributed by atoms with Gasteiger partial charge in [0.2, 0.25) is 5.91 Å². The molecule has 90 valence electrons. The molecule has 0 fully saturated rings. The van der Waals surface area contributed by atoms with Gasteiger partial charge in [0.05, 0.1) is 11.4 Å². The van der Waals surface area contributed by atoms with Crippen LogP contribution < -0.4 is 5.73 Å². The van der Waals surface area contributed by atoms with Gasteiger partial charge in [-0.1, -0.05) is 25.6 Å². The van der Waals surface area contributed by atoms with Crippen LogP contribution in [0.15, 0.2) is 5.16 Å². The highest BCUT2D eigenvalue weighted by atomic mass is 32.2. The number of imidazole rings is 1. The number of aryl methyl sites for hydroxylation is 1. The molecule has 0 aliphatic heterocycles. The smallest absolute Gasteiger partial charge is 0.227 e. The van der Waals surface area contributed by atoms with Gasteiger partial charge in [-0.3, -0.25) is 4.79 Å². The summed E-state index contributed by atoms with van der Waals surface area (Å²) in [4.78, 5) is 15.2. The number of nitrogens with zero attached hydrogens (tertiary/aromatic N) is 2. The summed E-state index contributed by atoms with van der Waals surface area (Å²) in [5, 5.41) is 0.891. The Morgan fingerprint density at radius 1 is 1.50 bits per heavy atom. The van der Waals surface area contributed by atoms with Gasteiger partial charge in [0.25, 0.3) is 0 Å². The third-order valence-electron chi connectivity index (χ3n) is 2.31. The largest absolute Gasteiger partial charge is 0.369 e. The van der Waals surface area contributed by atoms with Crippen molar-refractivity contribution < 1.29 is 4.79 Å². The molecule has 0 aliphatic rings. The van der Waals surface area contributed by atoms with Crippen LogP contribution in [0.5, 0.6) is 0 Å². The Balaban J connectivity index is 2.89. The van der Waals surface area contributed by atoms with Crippen LogP contribution in [-0.2, 0) is 11.3 Å². The van der Waals surface area contributed by atoms with Gasteiger partial charge >= 0.3 is 0 Å². The van der Waals surface area contributed by atoms with E-state index >= 15 is 0 Å². The monoisotopic (exact) mass is 241 g/mol. The second-order valence-electron chi connectivity index (χ2n) is 4.32. The van der Waals surface area contributed by atoms with Crippen LogP contribution in [0.3, 0.4) is 0 Å². The van der Waals surface area contributed by atoms with Crippen LogP contribution in [0.4, 0.5) is 0 Å². The lowest BCUT2D eigenvalue weighted by Crippen LogP contribution is -2.14. The maximum Gasteiger partial charge on any atom is 0.227 e. The molecule has 5 heteroatoms. The van der Waals surface area contributed by atoms with Crippen molar-refractivity contribution in [3.63, 3.8) is 0 Å². The van der Waals surface area contributed by atoms with Gasteiger partial charge in [-0.2, -0.15) is 0 Å². The highest BCUT2D eigenvalue weighted by molar-refractivity contribution is 7.99. The lowest BCUT2D eigenvalue weighted by Gasteiger charge is -2.11. The molecule has 0 radical (unpaired) electrons. The Labute approximate surface area is 101 Å². The van der Waals surface area contributed by atoms with Crippen molar-refractivity contribution in [1.82, 2.24) is 9.55 Å². The zero-order valence-corrected chi connectivity index (χ0v) is 11.1. The summed E-state index contributed by atoms with van der Waals surface area (Å²) in [6.45, 7) is 9.29. The summed E-state index contributed by atoms with van der Waals surface area (Å²) in [6.07, 6.45) is 0. The van der Waals surface area contributed by atoms with Gasteiger partial charge in [-0.05, 0) is 19.8 Å². The second-order valence-corrected chi connectivity index (χ2v) is 5.27. The van der Waals surface area contributed by atoms with E-state index in [-0.39, 0.29) is 11.7 Å². The van der Waals surface area contributed by atoms with Gasteiger partial charge in [0.1, 0.15) is 0 Å². The molecule has 2 N–H and O–H groups in total. The molecule has 1 rings (SSSR count). The standard InChI is InChI=1S/C11H19N3OS/c1-7(2)5-14-9(4)8(3)13-11(14)16-6-10(12)15/h7H,5-6H2,1-4H3,(H2,12,15). The molecule has 0 aromatic carbocycles. The van der Waals surface area contributed by atoms with E-state index in [0.29, 0.717) is 5.92 Å². The second kappa shape index (κ2) is 5.39. The number of carbonyl (C=O) groups excluding carboxylic acids is 1. The third kappa shape index (κ3) is 3.27. The van der Waals surface area contributed by atoms with Crippen LogP contribution in [0.2, 0.25) is 0 Å². The number of carbonyl (C=O) groups is 1. The Morgan fingerprint density at radius 2 is 2.12 bits per heavy atom. The first kappa shape index (κ1) is 13.1. The van der Waals surface area contributed by atoms with Crippen LogP contribution >= 0.6 is 11.8 Å². The third-order valence-corrected chi connectivity index (χ3v) is 3.31. The minimum Gasteiger partial charge on any atom is -0.369 e. The lowest BCUT2D eigenvalue weighted by molar-refractivity contribution is -0.115. The zero-order valence-electron chi connectivity index (χ0n) is 10.3. The molecule has 1 amide bonds. The van der Waals surface area contributed by atoms with E-state index in [1.807, 2.05) is 6.92 Å². The molecule has 4 nitrogen and oxygen atoms in total. The predicted octanol–water partition coefficient (Wildman–Crippen LogP) is 1.73. The number of rotatable bonds is 5. The molecule has 1 aromatic heterocycles. The minimum atomic E-state index is -0.306. The molecule has 0 unspecified atom stereocenters. The Kier molecular flexibility index (Phi) is 4.41. The number of hydrogen-bond donors (Lipinski definition) is 1. The predicted molar refractivity (Wildman–Crippen MR) is 66.5 cm³/mol. The van der Waals surface area contributed by atoms with E-state index in [1.54, 1.807) is 0 Å². The van der Waals surface area contributed by atoms with Gasteiger partial charge < -0.3 is 10.3 Å². The van der Waals surface area contributed by atoms with E-state index in [9.17, 15) is 4.79 Å². The molecule has 1 heterocycles.